The first-order valence-corrected chi connectivity index (χ1v) is 10.2. The van der Waals surface area contributed by atoms with Gasteiger partial charge in [0.1, 0.15) is 0 Å². The van der Waals surface area contributed by atoms with Gasteiger partial charge in [0.2, 0.25) is 5.91 Å². The summed E-state index contributed by atoms with van der Waals surface area (Å²) in [5.74, 6) is -0.0488. The molecule has 1 saturated heterocycles. The fraction of sp³-hybridized carbons (Fsp3) is 0.208. The van der Waals surface area contributed by atoms with Crippen molar-refractivity contribution in [2.24, 2.45) is 0 Å². The number of anilines is 1. The van der Waals surface area contributed by atoms with E-state index in [0.29, 0.717) is 49.6 Å². The molecule has 7 nitrogen and oxygen atoms in total. The topological polar surface area (TPSA) is 82.9 Å². The molecule has 3 amide bonds. The maximum absolute atomic E-state index is 12.8. The van der Waals surface area contributed by atoms with Crippen molar-refractivity contribution in [3.05, 3.63) is 89.9 Å². The number of hydrogen-bond acceptors (Lipinski definition) is 4. The Hall–Kier alpha value is -3.87. The van der Waals surface area contributed by atoms with Gasteiger partial charge in [-0.15, -0.1) is 0 Å². The van der Waals surface area contributed by atoms with Gasteiger partial charge in [0, 0.05) is 37.4 Å². The molecule has 7 heteroatoms. The van der Waals surface area contributed by atoms with Crippen molar-refractivity contribution in [1.29, 1.82) is 0 Å². The molecule has 1 N–H and O–H groups in total. The van der Waals surface area contributed by atoms with E-state index in [0.717, 1.165) is 5.56 Å². The van der Waals surface area contributed by atoms with E-state index in [-0.39, 0.29) is 17.7 Å². The summed E-state index contributed by atoms with van der Waals surface area (Å²) in [6.07, 6.45) is 1.77. The Bertz CT molecular complexity index is 1040. The van der Waals surface area contributed by atoms with Crippen LogP contribution in [0.4, 0.5) is 5.69 Å². The van der Waals surface area contributed by atoms with Gasteiger partial charge in [-0.2, -0.15) is 0 Å². The van der Waals surface area contributed by atoms with Crippen molar-refractivity contribution in [3.8, 4) is 0 Å². The minimum Gasteiger partial charge on any atom is -0.459 e. The number of carbonyl (C=O) groups excluding carboxylic acids is 3. The van der Waals surface area contributed by atoms with Crippen LogP contribution in [0.3, 0.4) is 0 Å². The molecule has 158 valence electrons. The normalized spacial score (nSPS) is 13.7. The van der Waals surface area contributed by atoms with Crippen LogP contribution in [0.5, 0.6) is 0 Å². The predicted octanol–water partition coefficient (Wildman–Crippen LogP) is 3.06. The van der Waals surface area contributed by atoms with Gasteiger partial charge in [-0.1, -0.05) is 30.3 Å². The lowest BCUT2D eigenvalue weighted by atomic mass is 10.1. The van der Waals surface area contributed by atoms with Crippen LogP contribution >= 0.6 is 0 Å². The Morgan fingerprint density at radius 3 is 2.03 bits per heavy atom. The molecule has 1 aromatic heterocycles. The summed E-state index contributed by atoms with van der Waals surface area (Å²) in [5, 5.41) is 2.85. The number of carbonyl (C=O) groups is 3. The molecule has 0 aliphatic carbocycles. The van der Waals surface area contributed by atoms with Crippen molar-refractivity contribution in [1.82, 2.24) is 9.80 Å². The average molecular weight is 417 g/mol. The molecular formula is C24H23N3O4. The van der Waals surface area contributed by atoms with Crippen molar-refractivity contribution in [2.75, 3.05) is 31.5 Å². The Labute approximate surface area is 180 Å². The standard InChI is InChI=1S/C24H23N3O4/c28-22(17-18-5-2-1-3-6-18)25-20-10-8-19(9-11-20)23(29)26-12-14-27(15-13-26)24(30)21-7-4-16-31-21/h1-11,16H,12-15,17H2,(H,25,28). The summed E-state index contributed by atoms with van der Waals surface area (Å²) in [6, 6.07) is 19.7. The van der Waals surface area contributed by atoms with Gasteiger partial charge in [0.25, 0.3) is 11.8 Å². The SMILES string of the molecule is O=C(Cc1ccccc1)Nc1ccc(C(=O)N2CCN(C(=O)c3ccco3)CC2)cc1. The summed E-state index contributed by atoms with van der Waals surface area (Å²) >= 11 is 0. The number of nitrogens with one attached hydrogen (secondary N) is 1. The first kappa shape index (κ1) is 20.4. The molecule has 2 aromatic carbocycles. The quantitative estimate of drug-likeness (QED) is 0.692. The predicted molar refractivity (Wildman–Crippen MR) is 116 cm³/mol. The maximum Gasteiger partial charge on any atom is 0.289 e. The van der Waals surface area contributed by atoms with E-state index in [1.807, 2.05) is 30.3 Å². The Morgan fingerprint density at radius 1 is 0.774 bits per heavy atom. The van der Waals surface area contributed by atoms with Crippen LogP contribution in [0, 0.1) is 0 Å². The number of benzene rings is 2. The van der Waals surface area contributed by atoms with Gasteiger partial charge < -0.3 is 19.5 Å². The molecule has 3 aromatic rings. The molecule has 1 aliphatic rings. The van der Waals surface area contributed by atoms with Crippen LogP contribution in [-0.2, 0) is 11.2 Å². The zero-order valence-electron chi connectivity index (χ0n) is 17.0. The van der Waals surface area contributed by atoms with E-state index in [1.54, 1.807) is 46.2 Å². The Morgan fingerprint density at radius 2 is 1.42 bits per heavy atom. The monoisotopic (exact) mass is 417 g/mol. The summed E-state index contributed by atoms with van der Waals surface area (Å²) < 4.78 is 5.16. The molecular weight excluding hydrogens is 394 g/mol. The van der Waals surface area contributed by atoms with Crippen LogP contribution in [0.15, 0.2) is 77.4 Å². The molecule has 0 bridgehead atoms. The second kappa shape index (κ2) is 9.30. The first-order chi connectivity index (χ1) is 15.1. The molecule has 1 aliphatic heterocycles. The van der Waals surface area contributed by atoms with E-state index in [1.165, 1.54) is 6.26 Å². The fourth-order valence-corrected chi connectivity index (χ4v) is 3.53. The Kier molecular flexibility index (Phi) is 6.12. The molecule has 0 spiro atoms. The molecule has 0 atom stereocenters. The van der Waals surface area contributed by atoms with Gasteiger partial charge in [-0.3, -0.25) is 14.4 Å². The third-order valence-corrected chi connectivity index (χ3v) is 5.21. The lowest BCUT2D eigenvalue weighted by Gasteiger charge is -2.34. The molecule has 0 saturated carbocycles. The first-order valence-electron chi connectivity index (χ1n) is 10.2. The second-order valence-corrected chi connectivity index (χ2v) is 7.35. The third kappa shape index (κ3) is 5.01. The largest absolute Gasteiger partial charge is 0.459 e. The minimum absolute atomic E-state index is 0.0905. The van der Waals surface area contributed by atoms with Gasteiger partial charge in [-0.25, -0.2) is 0 Å². The number of nitrogens with zero attached hydrogens (tertiary/aromatic N) is 2. The maximum atomic E-state index is 12.8. The minimum atomic E-state index is -0.160. The summed E-state index contributed by atoms with van der Waals surface area (Å²) in [4.78, 5) is 40.8. The number of amides is 3. The van der Waals surface area contributed by atoms with Gasteiger partial charge in [0.15, 0.2) is 5.76 Å². The van der Waals surface area contributed by atoms with Crippen LogP contribution in [0.2, 0.25) is 0 Å². The highest BCUT2D eigenvalue weighted by Crippen LogP contribution is 2.15. The van der Waals surface area contributed by atoms with Gasteiger partial charge >= 0.3 is 0 Å². The summed E-state index contributed by atoms with van der Waals surface area (Å²) in [6.45, 7) is 1.83. The third-order valence-electron chi connectivity index (χ3n) is 5.21. The van der Waals surface area contributed by atoms with E-state index in [4.69, 9.17) is 4.42 Å². The number of hydrogen-bond donors (Lipinski definition) is 1. The highest BCUT2D eigenvalue weighted by Gasteiger charge is 2.26. The van der Waals surface area contributed by atoms with Crippen molar-refractivity contribution in [3.63, 3.8) is 0 Å². The zero-order valence-corrected chi connectivity index (χ0v) is 17.0. The van der Waals surface area contributed by atoms with Crippen LogP contribution in [0.25, 0.3) is 0 Å². The highest BCUT2D eigenvalue weighted by atomic mass is 16.3. The summed E-state index contributed by atoms with van der Waals surface area (Å²) in [5.41, 5.74) is 2.13. The Balaban J connectivity index is 1.29. The number of furan rings is 1. The van der Waals surface area contributed by atoms with Crippen LogP contribution < -0.4 is 5.32 Å². The zero-order chi connectivity index (χ0) is 21.6. The second-order valence-electron chi connectivity index (χ2n) is 7.35. The molecule has 2 heterocycles. The van der Waals surface area contributed by atoms with E-state index in [2.05, 4.69) is 5.32 Å². The smallest absolute Gasteiger partial charge is 0.289 e. The van der Waals surface area contributed by atoms with Crippen molar-refractivity contribution >= 4 is 23.4 Å². The molecule has 4 rings (SSSR count). The van der Waals surface area contributed by atoms with E-state index < -0.39 is 0 Å². The summed E-state index contributed by atoms with van der Waals surface area (Å²) in [7, 11) is 0. The van der Waals surface area contributed by atoms with Crippen LogP contribution in [-0.4, -0.2) is 53.7 Å². The highest BCUT2D eigenvalue weighted by molar-refractivity contribution is 5.96. The molecule has 0 radical (unpaired) electrons. The van der Waals surface area contributed by atoms with Gasteiger partial charge in [0.05, 0.1) is 12.7 Å². The lowest BCUT2D eigenvalue weighted by molar-refractivity contribution is -0.115. The van der Waals surface area contributed by atoms with E-state index in [9.17, 15) is 14.4 Å². The van der Waals surface area contributed by atoms with Crippen LogP contribution in [0.1, 0.15) is 26.5 Å². The van der Waals surface area contributed by atoms with Gasteiger partial charge in [-0.05, 0) is 42.0 Å². The number of rotatable bonds is 5. The average Bonchev–Trinajstić information content (AvgIpc) is 3.34. The van der Waals surface area contributed by atoms with Crippen molar-refractivity contribution in [2.45, 2.75) is 6.42 Å². The molecule has 1 fully saturated rings. The van der Waals surface area contributed by atoms with E-state index >= 15 is 0 Å². The van der Waals surface area contributed by atoms with Crippen molar-refractivity contribution < 1.29 is 18.8 Å². The lowest BCUT2D eigenvalue weighted by Crippen LogP contribution is -2.50. The molecule has 31 heavy (non-hydrogen) atoms. The molecule has 0 unspecified atom stereocenters. The number of piperazine rings is 1. The fourth-order valence-electron chi connectivity index (χ4n) is 3.53.